The number of nitrogens with one attached hydrogen (secondary N) is 1. The number of halogens is 3. The average Bonchev–Trinajstić information content (AvgIpc) is 3.09. The molecule has 0 saturated carbocycles. The van der Waals surface area contributed by atoms with Crippen LogP contribution in [0.3, 0.4) is 0 Å². The van der Waals surface area contributed by atoms with E-state index in [0.29, 0.717) is 39.8 Å². The van der Waals surface area contributed by atoms with Crippen molar-refractivity contribution in [2.75, 3.05) is 32.7 Å². The van der Waals surface area contributed by atoms with Gasteiger partial charge < -0.3 is 19.5 Å². The summed E-state index contributed by atoms with van der Waals surface area (Å²) in [5.41, 5.74) is -0.698. The highest BCUT2D eigenvalue weighted by molar-refractivity contribution is 8.18. The summed E-state index contributed by atoms with van der Waals surface area (Å²) in [5.74, 6) is -0.743. The van der Waals surface area contributed by atoms with Gasteiger partial charge in [-0.05, 0) is 53.7 Å². The molecular weight excluding hydrogens is 501 g/mol. The van der Waals surface area contributed by atoms with Gasteiger partial charge in [-0.2, -0.15) is 13.2 Å². The highest BCUT2D eigenvalue weighted by Gasteiger charge is 2.37. The van der Waals surface area contributed by atoms with Crippen molar-refractivity contribution >= 4 is 40.6 Å². The van der Waals surface area contributed by atoms with Crippen LogP contribution in [-0.2, 0) is 15.8 Å². The predicted molar refractivity (Wildman–Crippen MR) is 128 cm³/mol. The Balaban J connectivity index is 1.75. The van der Waals surface area contributed by atoms with Gasteiger partial charge in [0, 0.05) is 0 Å². The summed E-state index contributed by atoms with van der Waals surface area (Å²) in [6.07, 6.45) is -1.61. The van der Waals surface area contributed by atoms with Gasteiger partial charge in [0.1, 0.15) is 18.9 Å². The van der Waals surface area contributed by atoms with Crippen LogP contribution in [0.1, 0.15) is 11.1 Å². The summed E-state index contributed by atoms with van der Waals surface area (Å²) in [5, 5.41) is 1.57. The van der Waals surface area contributed by atoms with Crippen LogP contribution >= 0.6 is 11.8 Å². The molecule has 0 radical (unpaired) electrons. The molecule has 0 unspecified atom stereocenters. The van der Waals surface area contributed by atoms with Gasteiger partial charge in [0.05, 0.1) is 30.4 Å². The van der Waals surface area contributed by atoms with Crippen LogP contribution < -0.4 is 19.5 Å². The maximum atomic E-state index is 13.0. The van der Waals surface area contributed by atoms with E-state index in [2.05, 4.69) is 11.9 Å². The van der Waals surface area contributed by atoms with Crippen molar-refractivity contribution in [1.82, 2.24) is 4.90 Å². The minimum Gasteiger partial charge on any atom is -0.495 e. The van der Waals surface area contributed by atoms with Gasteiger partial charge in [-0.15, -0.1) is 0 Å². The van der Waals surface area contributed by atoms with E-state index in [0.717, 1.165) is 12.1 Å². The number of rotatable bonds is 9. The van der Waals surface area contributed by atoms with Gasteiger partial charge in [0.25, 0.3) is 11.1 Å². The second kappa shape index (κ2) is 11.2. The lowest BCUT2D eigenvalue weighted by molar-refractivity contribution is -0.137. The van der Waals surface area contributed by atoms with Crippen LogP contribution in [0, 0.1) is 0 Å². The summed E-state index contributed by atoms with van der Waals surface area (Å²) in [6.45, 7) is 3.15. The van der Waals surface area contributed by atoms with E-state index in [1.54, 1.807) is 24.3 Å². The topological polar surface area (TPSA) is 94.2 Å². The van der Waals surface area contributed by atoms with Gasteiger partial charge in [0.2, 0.25) is 5.91 Å². The molecule has 2 aromatic rings. The number of hydrogen-bond donors (Lipinski definition) is 1. The first-order valence-electron chi connectivity index (χ1n) is 10.3. The molecule has 0 bridgehead atoms. The van der Waals surface area contributed by atoms with Crippen molar-refractivity contribution in [1.29, 1.82) is 0 Å². The molecule has 1 saturated heterocycles. The van der Waals surface area contributed by atoms with Crippen molar-refractivity contribution in [2.45, 2.75) is 6.18 Å². The molecule has 12 heteroatoms. The SMILES string of the molecule is C=CCOc1ccc(C=C2SC(=O)N(CC(=O)Nc3cc(C(F)(F)F)ccc3OC)C2=O)cc1OC. The Labute approximate surface area is 208 Å². The number of amides is 3. The third-order valence-corrected chi connectivity index (χ3v) is 5.73. The number of methoxy groups -OCH3 is 2. The number of carbonyl (C=O) groups is 3. The number of alkyl halides is 3. The lowest BCUT2D eigenvalue weighted by atomic mass is 10.1. The van der Waals surface area contributed by atoms with E-state index in [1.807, 2.05) is 0 Å². The van der Waals surface area contributed by atoms with Crippen LogP contribution in [0.15, 0.2) is 54.0 Å². The molecule has 2 aromatic carbocycles. The fourth-order valence-electron chi connectivity index (χ4n) is 3.14. The molecule has 1 heterocycles. The van der Waals surface area contributed by atoms with Crippen molar-refractivity contribution in [2.24, 2.45) is 0 Å². The maximum absolute atomic E-state index is 13.0. The standard InChI is InChI=1S/C24H21F3N2O6S/c1-4-9-35-18-7-5-14(10-19(18)34-3)11-20-22(31)29(23(32)36-20)13-21(30)28-16-12-15(24(25,26)27)6-8-17(16)33-2/h4-8,10-12H,1,9,13H2,2-3H3,(H,28,30). The molecule has 0 spiro atoms. The number of ether oxygens (including phenoxy) is 3. The van der Waals surface area contributed by atoms with E-state index >= 15 is 0 Å². The lowest BCUT2D eigenvalue weighted by Gasteiger charge is -2.16. The van der Waals surface area contributed by atoms with Crippen molar-refractivity contribution in [3.05, 3.63) is 65.1 Å². The number of carbonyl (C=O) groups excluding carboxylic acids is 3. The molecule has 3 rings (SSSR count). The molecular formula is C24H21F3N2O6S. The molecule has 0 aliphatic carbocycles. The summed E-state index contributed by atoms with van der Waals surface area (Å²) >= 11 is 0.630. The molecule has 190 valence electrons. The first kappa shape index (κ1) is 26.7. The maximum Gasteiger partial charge on any atom is 0.416 e. The summed E-state index contributed by atoms with van der Waals surface area (Å²) in [4.78, 5) is 38.4. The molecule has 1 aliphatic rings. The molecule has 1 fully saturated rings. The average molecular weight is 523 g/mol. The molecule has 3 amide bonds. The van der Waals surface area contributed by atoms with Crippen LogP contribution in [-0.4, -0.2) is 49.3 Å². The van der Waals surface area contributed by atoms with E-state index in [-0.39, 0.29) is 22.9 Å². The number of nitrogens with zero attached hydrogens (tertiary/aromatic N) is 1. The Morgan fingerprint density at radius 3 is 2.42 bits per heavy atom. The number of imide groups is 1. The third-order valence-electron chi connectivity index (χ3n) is 4.82. The Kier molecular flexibility index (Phi) is 8.30. The molecule has 36 heavy (non-hydrogen) atoms. The minimum absolute atomic E-state index is 0.0140. The first-order valence-corrected chi connectivity index (χ1v) is 11.1. The number of thioether (sulfide) groups is 1. The number of anilines is 1. The van der Waals surface area contributed by atoms with Crippen molar-refractivity contribution < 1.29 is 41.8 Å². The zero-order chi connectivity index (χ0) is 26.5. The van der Waals surface area contributed by atoms with Gasteiger partial charge >= 0.3 is 6.18 Å². The monoisotopic (exact) mass is 522 g/mol. The quantitative estimate of drug-likeness (QED) is 0.367. The normalized spacial score (nSPS) is 14.7. The van der Waals surface area contributed by atoms with Gasteiger partial charge in [-0.1, -0.05) is 18.7 Å². The van der Waals surface area contributed by atoms with E-state index < -0.39 is 35.3 Å². The van der Waals surface area contributed by atoms with E-state index in [1.165, 1.54) is 20.3 Å². The van der Waals surface area contributed by atoms with Crippen molar-refractivity contribution in [3.8, 4) is 17.2 Å². The third kappa shape index (κ3) is 6.19. The largest absolute Gasteiger partial charge is 0.495 e. The fraction of sp³-hybridized carbons (Fsp3) is 0.208. The van der Waals surface area contributed by atoms with Gasteiger partial charge in [-0.25, -0.2) is 0 Å². The molecule has 8 nitrogen and oxygen atoms in total. The second-order valence-corrected chi connectivity index (χ2v) is 8.23. The zero-order valence-electron chi connectivity index (χ0n) is 19.2. The highest BCUT2D eigenvalue weighted by atomic mass is 32.2. The molecule has 1 aliphatic heterocycles. The van der Waals surface area contributed by atoms with Crippen LogP contribution in [0.5, 0.6) is 17.2 Å². The first-order chi connectivity index (χ1) is 17.1. The second-order valence-electron chi connectivity index (χ2n) is 7.24. The van der Waals surface area contributed by atoms with Crippen LogP contribution in [0.2, 0.25) is 0 Å². The number of benzene rings is 2. The highest BCUT2D eigenvalue weighted by Crippen LogP contribution is 2.36. The summed E-state index contributed by atoms with van der Waals surface area (Å²) in [6, 6.07) is 7.47. The molecule has 0 aromatic heterocycles. The summed E-state index contributed by atoms with van der Waals surface area (Å²) in [7, 11) is 2.68. The summed E-state index contributed by atoms with van der Waals surface area (Å²) < 4.78 is 54.9. The lowest BCUT2D eigenvalue weighted by Crippen LogP contribution is -2.36. The number of hydrogen-bond acceptors (Lipinski definition) is 7. The molecule has 1 N–H and O–H groups in total. The van der Waals surface area contributed by atoms with E-state index in [4.69, 9.17) is 14.2 Å². The fourth-order valence-corrected chi connectivity index (χ4v) is 3.98. The van der Waals surface area contributed by atoms with Gasteiger partial charge in [0.15, 0.2) is 11.5 Å². The van der Waals surface area contributed by atoms with E-state index in [9.17, 15) is 27.6 Å². The van der Waals surface area contributed by atoms with Gasteiger partial charge in [-0.3, -0.25) is 19.3 Å². The zero-order valence-corrected chi connectivity index (χ0v) is 20.0. The van der Waals surface area contributed by atoms with Crippen molar-refractivity contribution in [3.63, 3.8) is 0 Å². The smallest absolute Gasteiger partial charge is 0.416 e. The minimum atomic E-state index is -4.64. The Morgan fingerprint density at radius 2 is 1.78 bits per heavy atom. The van der Waals surface area contributed by atoms with Crippen LogP contribution in [0.4, 0.5) is 23.7 Å². The molecule has 0 atom stereocenters. The Bertz CT molecular complexity index is 1230. The predicted octanol–water partition coefficient (Wildman–Crippen LogP) is 4.96. The Morgan fingerprint density at radius 1 is 1.08 bits per heavy atom. The Hall–Kier alpha value is -3.93. The van der Waals surface area contributed by atoms with Crippen LogP contribution in [0.25, 0.3) is 6.08 Å².